The van der Waals surface area contributed by atoms with Crippen molar-refractivity contribution in [3.63, 3.8) is 0 Å². The quantitative estimate of drug-likeness (QED) is 0.923. The fourth-order valence-electron chi connectivity index (χ4n) is 3.57. The van der Waals surface area contributed by atoms with Crippen LogP contribution in [0.2, 0.25) is 0 Å². The molecule has 1 saturated heterocycles. The van der Waals surface area contributed by atoms with Gasteiger partial charge in [0.25, 0.3) is 0 Å². The summed E-state index contributed by atoms with van der Waals surface area (Å²) in [6.45, 7) is 8.18. The van der Waals surface area contributed by atoms with Gasteiger partial charge in [-0.25, -0.2) is 0 Å². The molecular weight excluding hydrogens is 286 g/mol. The fourth-order valence-corrected chi connectivity index (χ4v) is 3.57. The van der Waals surface area contributed by atoms with Crippen LogP contribution in [0.4, 0.5) is 0 Å². The summed E-state index contributed by atoms with van der Waals surface area (Å²) in [5.74, 6) is 0.636. The molecule has 0 radical (unpaired) electrons. The fraction of sp³-hybridized carbons (Fsp3) is 0.526. The van der Waals surface area contributed by atoms with E-state index in [1.165, 1.54) is 29.5 Å². The van der Waals surface area contributed by atoms with Gasteiger partial charge < -0.3 is 5.11 Å². The van der Waals surface area contributed by atoms with E-state index < -0.39 is 0 Å². The van der Waals surface area contributed by atoms with Crippen molar-refractivity contribution in [2.24, 2.45) is 0 Å². The highest BCUT2D eigenvalue weighted by Crippen LogP contribution is 2.28. The standard InChI is InChI=1S/C19H27N3O/c1-15-5-3-6-17(11-15)18-7-4-8-21(12-18)13-19-14-22(9-10-23)20-16(19)2/h3,5-6,11,14,18,23H,4,7-10,12-13H2,1-2H3. The van der Waals surface area contributed by atoms with Gasteiger partial charge in [-0.1, -0.05) is 29.8 Å². The van der Waals surface area contributed by atoms with E-state index in [-0.39, 0.29) is 6.61 Å². The van der Waals surface area contributed by atoms with Crippen molar-refractivity contribution in [1.29, 1.82) is 0 Å². The van der Waals surface area contributed by atoms with Crippen LogP contribution in [0, 0.1) is 13.8 Å². The van der Waals surface area contributed by atoms with Crippen LogP contribution < -0.4 is 0 Å². The lowest BCUT2D eigenvalue weighted by Gasteiger charge is -2.33. The van der Waals surface area contributed by atoms with Crippen LogP contribution in [0.1, 0.15) is 41.1 Å². The molecule has 1 aromatic carbocycles. The second kappa shape index (κ2) is 7.28. The zero-order chi connectivity index (χ0) is 16.2. The van der Waals surface area contributed by atoms with Crippen LogP contribution in [-0.4, -0.2) is 39.5 Å². The molecule has 4 heteroatoms. The Bertz CT molecular complexity index is 650. The van der Waals surface area contributed by atoms with Gasteiger partial charge in [0.2, 0.25) is 0 Å². The lowest BCUT2D eigenvalue weighted by molar-refractivity contribution is 0.200. The maximum atomic E-state index is 9.05. The molecule has 1 aliphatic rings. The summed E-state index contributed by atoms with van der Waals surface area (Å²) >= 11 is 0. The third kappa shape index (κ3) is 4.01. The lowest BCUT2D eigenvalue weighted by atomic mass is 9.89. The molecule has 0 aliphatic carbocycles. The molecule has 1 N–H and O–H groups in total. The van der Waals surface area contributed by atoms with Crippen LogP contribution >= 0.6 is 0 Å². The van der Waals surface area contributed by atoms with Gasteiger partial charge >= 0.3 is 0 Å². The summed E-state index contributed by atoms with van der Waals surface area (Å²) in [6, 6.07) is 8.94. The molecule has 4 nitrogen and oxygen atoms in total. The molecule has 23 heavy (non-hydrogen) atoms. The lowest BCUT2D eigenvalue weighted by Crippen LogP contribution is -2.34. The summed E-state index contributed by atoms with van der Waals surface area (Å²) < 4.78 is 1.85. The summed E-state index contributed by atoms with van der Waals surface area (Å²) in [5, 5.41) is 13.5. The van der Waals surface area contributed by atoms with Crippen molar-refractivity contribution in [1.82, 2.24) is 14.7 Å². The maximum absolute atomic E-state index is 9.05. The number of aliphatic hydroxyl groups excluding tert-OH is 1. The second-order valence-corrected chi connectivity index (χ2v) is 6.71. The first-order chi connectivity index (χ1) is 11.2. The topological polar surface area (TPSA) is 41.3 Å². The first-order valence-corrected chi connectivity index (χ1v) is 8.58. The Morgan fingerprint density at radius 1 is 1.30 bits per heavy atom. The Labute approximate surface area is 138 Å². The van der Waals surface area contributed by atoms with Crippen molar-refractivity contribution >= 4 is 0 Å². The minimum atomic E-state index is 0.139. The van der Waals surface area contributed by atoms with Gasteiger partial charge in [-0.15, -0.1) is 0 Å². The number of nitrogens with zero attached hydrogens (tertiary/aromatic N) is 3. The molecule has 2 heterocycles. The smallest absolute Gasteiger partial charge is 0.0641 e. The first kappa shape index (κ1) is 16.2. The van der Waals surface area contributed by atoms with Gasteiger partial charge in [-0.3, -0.25) is 9.58 Å². The third-order valence-electron chi connectivity index (χ3n) is 4.79. The van der Waals surface area contributed by atoms with E-state index in [0.29, 0.717) is 12.5 Å². The minimum absolute atomic E-state index is 0.139. The van der Waals surface area contributed by atoms with Gasteiger partial charge in [0.1, 0.15) is 0 Å². The number of benzene rings is 1. The predicted octanol–water partition coefficient (Wildman–Crippen LogP) is 2.87. The van der Waals surface area contributed by atoms with E-state index in [9.17, 15) is 0 Å². The highest BCUT2D eigenvalue weighted by molar-refractivity contribution is 5.26. The highest BCUT2D eigenvalue weighted by Gasteiger charge is 2.22. The molecule has 0 amide bonds. The molecule has 124 valence electrons. The van der Waals surface area contributed by atoms with Crippen molar-refractivity contribution in [2.45, 2.75) is 45.7 Å². The van der Waals surface area contributed by atoms with E-state index in [4.69, 9.17) is 5.11 Å². The summed E-state index contributed by atoms with van der Waals surface area (Å²) in [4.78, 5) is 2.55. The second-order valence-electron chi connectivity index (χ2n) is 6.71. The van der Waals surface area contributed by atoms with Crippen molar-refractivity contribution < 1.29 is 5.11 Å². The molecule has 1 aromatic heterocycles. The Balaban J connectivity index is 1.67. The van der Waals surface area contributed by atoms with Gasteiger partial charge in [0.05, 0.1) is 18.8 Å². The zero-order valence-electron chi connectivity index (χ0n) is 14.2. The maximum Gasteiger partial charge on any atom is 0.0641 e. The average molecular weight is 313 g/mol. The third-order valence-corrected chi connectivity index (χ3v) is 4.79. The molecule has 0 bridgehead atoms. The van der Waals surface area contributed by atoms with Crippen LogP contribution in [-0.2, 0) is 13.1 Å². The number of rotatable bonds is 5. The average Bonchev–Trinajstić information content (AvgIpc) is 2.88. The number of aryl methyl sites for hydroxylation is 2. The summed E-state index contributed by atoms with van der Waals surface area (Å²) in [7, 11) is 0. The number of hydrogen-bond donors (Lipinski definition) is 1. The molecule has 3 rings (SSSR count). The monoisotopic (exact) mass is 313 g/mol. The SMILES string of the molecule is Cc1cccc(C2CCCN(Cc3cn(CCO)nc3C)C2)c1. The number of aromatic nitrogens is 2. The Hall–Kier alpha value is -1.65. The highest BCUT2D eigenvalue weighted by atomic mass is 16.3. The number of hydrogen-bond acceptors (Lipinski definition) is 3. The van der Waals surface area contributed by atoms with E-state index in [1.54, 1.807) is 0 Å². The van der Waals surface area contributed by atoms with Crippen LogP contribution in [0.5, 0.6) is 0 Å². The van der Waals surface area contributed by atoms with Crippen LogP contribution in [0.25, 0.3) is 0 Å². The molecule has 2 aromatic rings. The minimum Gasteiger partial charge on any atom is -0.394 e. The Morgan fingerprint density at radius 2 is 2.17 bits per heavy atom. The molecule has 0 spiro atoms. The predicted molar refractivity (Wildman–Crippen MR) is 92.5 cm³/mol. The van der Waals surface area contributed by atoms with Crippen molar-refractivity contribution in [3.05, 3.63) is 52.8 Å². The van der Waals surface area contributed by atoms with Gasteiger partial charge in [0.15, 0.2) is 0 Å². The van der Waals surface area contributed by atoms with Gasteiger partial charge in [-0.2, -0.15) is 5.10 Å². The van der Waals surface area contributed by atoms with Crippen molar-refractivity contribution in [3.8, 4) is 0 Å². The molecule has 1 unspecified atom stereocenters. The normalized spacial score (nSPS) is 19.2. The molecule has 1 atom stereocenters. The number of aliphatic hydroxyl groups is 1. The number of piperidine rings is 1. The molecule has 0 saturated carbocycles. The summed E-state index contributed by atoms with van der Waals surface area (Å²) in [6.07, 6.45) is 4.62. The number of likely N-dealkylation sites (tertiary alicyclic amines) is 1. The first-order valence-electron chi connectivity index (χ1n) is 8.58. The van der Waals surface area contributed by atoms with Crippen LogP contribution in [0.3, 0.4) is 0 Å². The molecular formula is C19H27N3O. The Kier molecular flexibility index (Phi) is 5.13. The zero-order valence-corrected chi connectivity index (χ0v) is 14.2. The van der Waals surface area contributed by atoms with Gasteiger partial charge in [0, 0.05) is 24.8 Å². The van der Waals surface area contributed by atoms with E-state index >= 15 is 0 Å². The summed E-state index contributed by atoms with van der Waals surface area (Å²) in [5.41, 5.74) is 5.18. The Morgan fingerprint density at radius 3 is 2.96 bits per heavy atom. The van der Waals surface area contributed by atoms with Crippen molar-refractivity contribution in [2.75, 3.05) is 19.7 Å². The van der Waals surface area contributed by atoms with Gasteiger partial charge in [-0.05, 0) is 44.7 Å². The van der Waals surface area contributed by atoms with E-state index in [0.717, 1.165) is 25.3 Å². The molecule has 1 aliphatic heterocycles. The van der Waals surface area contributed by atoms with Crippen LogP contribution in [0.15, 0.2) is 30.5 Å². The van der Waals surface area contributed by atoms with E-state index in [1.807, 2.05) is 4.68 Å². The largest absolute Gasteiger partial charge is 0.394 e. The molecule has 1 fully saturated rings. The van der Waals surface area contributed by atoms with E-state index in [2.05, 4.69) is 54.3 Å².